The van der Waals surface area contributed by atoms with Crippen LogP contribution in [0.4, 0.5) is 13.2 Å². The summed E-state index contributed by atoms with van der Waals surface area (Å²) < 4.78 is 56.2. The molecule has 0 atom stereocenters. The number of carboxylic acids is 1. The SMILES string of the molecule is C/C=C(\C=C/Cc1c(C)n(Cc2cccc(OCC(=O)O)c2)c2cccc(OC(F)(F)F)c12)OC. The smallest absolute Gasteiger partial charge is 0.497 e. The van der Waals surface area contributed by atoms with Crippen molar-refractivity contribution in [3.8, 4) is 11.5 Å². The molecule has 3 rings (SSSR count). The van der Waals surface area contributed by atoms with Gasteiger partial charge in [-0.05, 0) is 67.8 Å². The van der Waals surface area contributed by atoms with Gasteiger partial charge in [0.25, 0.3) is 0 Å². The van der Waals surface area contributed by atoms with Crippen molar-refractivity contribution in [1.82, 2.24) is 4.57 Å². The zero-order chi connectivity index (χ0) is 25.6. The first-order chi connectivity index (χ1) is 16.6. The molecular formula is C26H26F3NO5. The molecule has 0 saturated heterocycles. The Morgan fingerprint density at radius 1 is 1.17 bits per heavy atom. The Hall–Kier alpha value is -3.88. The fourth-order valence-electron chi connectivity index (χ4n) is 3.87. The number of nitrogens with zero attached hydrogens (tertiary/aromatic N) is 1. The second-order valence-corrected chi connectivity index (χ2v) is 7.68. The minimum Gasteiger partial charge on any atom is -0.497 e. The zero-order valence-electron chi connectivity index (χ0n) is 19.6. The number of benzene rings is 2. The molecule has 0 unspecified atom stereocenters. The summed E-state index contributed by atoms with van der Waals surface area (Å²) in [6, 6.07) is 11.5. The summed E-state index contributed by atoms with van der Waals surface area (Å²) in [5.74, 6) is -0.332. The summed E-state index contributed by atoms with van der Waals surface area (Å²) in [4.78, 5) is 10.8. The van der Waals surface area contributed by atoms with Gasteiger partial charge < -0.3 is 23.9 Å². The van der Waals surface area contributed by atoms with Crippen LogP contribution in [0.15, 0.2) is 66.5 Å². The molecule has 6 nitrogen and oxygen atoms in total. The Balaban J connectivity index is 2.07. The molecule has 186 valence electrons. The highest BCUT2D eigenvalue weighted by Crippen LogP contribution is 2.37. The molecule has 0 spiro atoms. The number of ether oxygens (including phenoxy) is 3. The van der Waals surface area contributed by atoms with Crippen molar-refractivity contribution < 1.29 is 37.3 Å². The van der Waals surface area contributed by atoms with E-state index in [2.05, 4.69) is 4.74 Å². The number of carboxylic acid groups (broad SMARTS) is 1. The Morgan fingerprint density at radius 2 is 1.91 bits per heavy atom. The molecule has 1 heterocycles. The van der Waals surface area contributed by atoms with E-state index in [1.54, 1.807) is 43.5 Å². The van der Waals surface area contributed by atoms with Crippen molar-refractivity contribution in [3.05, 3.63) is 83.3 Å². The third-order valence-corrected chi connectivity index (χ3v) is 5.39. The largest absolute Gasteiger partial charge is 0.573 e. The monoisotopic (exact) mass is 489 g/mol. The number of halogens is 3. The lowest BCUT2D eigenvalue weighted by Gasteiger charge is -2.12. The number of allylic oxidation sites excluding steroid dienone is 3. The van der Waals surface area contributed by atoms with Gasteiger partial charge in [-0.2, -0.15) is 0 Å². The Morgan fingerprint density at radius 3 is 2.57 bits per heavy atom. The summed E-state index contributed by atoms with van der Waals surface area (Å²) >= 11 is 0. The molecule has 0 aliphatic rings. The van der Waals surface area contributed by atoms with Crippen LogP contribution >= 0.6 is 0 Å². The van der Waals surface area contributed by atoms with Crippen LogP contribution in [0.25, 0.3) is 10.9 Å². The van der Waals surface area contributed by atoms with Crippen LogP contribution in [0.3, 0.4) is 0 Å². The van der Waals surface area contributed by atoms with Crippen LogP contribution in [0.1, 0.15) is 23.7 Å². The van der Waals surface area contributed by atoms with Crippen LogP contribution in [-0.2, 0) is 22.5 Å². The first kappa shape index (κ1) is 25.7. The Bertz CT molecular complexity index is 1260. The third kappa shape index (κ3) is 6.59. The highest BCUT2D eigenvalue weighted by atomic mass is 19.4. The summed E-state index contributed by atoms with van der Waals surface area (Å²) in [7, 11) is 1.54. The van der Waals surface area contributed by atoms with Crippen LogP contribution < -0.4 is 9.47 Å². The van der Waals surface area contributed by atoms with E-state index >= 15 is 0 Å². The molecule has 0 radical (unpaired) electrons. The van der Waals surface area contributed by atoms with Crippen molar-refractivity contribution in [2.75, 3.05) is 13.7 Å². The van der Waals surface area contributed by atoms with Crippen LogP contribution in [0.2, 0.25) is 0 Å². The van der Waals surface area contributed by atoms with Crippen molar-refractivity contribution in [1.29, 1.82) is 0 Å². The molecule has 0 saturated carbocycles. The van der Waals surface area contributed by atoms with E-state index in [-0.39, 0.29) is 5.75 Å². The maximum absolute atomic E-state index is 13.2. The van der Waals surface area contributed by atoms with E-state index in [1.165, 1.54) is 12.1 Å². The van der Waals surface area contributed by atoms with Gasteiger partial charge in [-0.15, -0.1) is 13.2 Å². The van der Waals surface area contributed by atoms with Gasteiger partial charge in [-0.3, -0.25) is 0 Å². The highest BCUT2D eigenvalue weighted by Gasteiger charge is 2.32. The van der Waals surface area contributed by atoms with Crippen LogP contribution in [-0.4, -0.2) is 35.7 Å². The third-order valence-electron chi connectivity index (χ3n) is 5.39. The second-order valence-electron chi connectivity index (χ2n) is 7.68. The molecule has 0 aliphatic carbocycles. The number of fused-ring (bicyclic) bond motifs is 1. The molecule has 9 heteroatoms. The average molecular weight is 489 g/mol. The second kappa shape index (κ2) is 11.0. The summed E-state index contributed by atoms with van der Waals surface area (Å²) in [5, 5.41) is 9.22. The number of carbonyl (C=O) groups is 1. The number of alkyl halides is 3. The van der Waals surface area contributed by atoms with Gasteiger partial charge in [0.05, 0.1) is 12.6 Å². The normalized spacial score (nSPS) is 12.3. The molecule has 0 aliphatic heterocycles. The van der Waals surface area contributed by atoms with E-state index in [4.69, 9.17) is 14.6 Å². The summed E-state index contributed by atoms with van der Waals surface area (Å²) in [6.07, 6.45) is 0.899. The first-order valence-corrected chi connectivity index (χ1v) is 10.8. The van der Waals surface area contributed by atoms with Gasteiger partial charge in [0.15, 0.2) is 6.61 Å². The number of methoxy groups -OCH3 is 1. The van der Waals surface area contributed by atoms with Gasteiger partial charge in [-0.1, -0.05) is 24.3 Å². The molecule has 1 aromatic heterocycles. The molecule has 35 heavy (non-hydrogen) atoms. The molecule has 0 bridgehead atoms. The van der Waals surface area contributed by atoms with Gasteiger partial charge in [0.1, 0.15) is 17.3 Å². The van der Waals surface area contributed by atoms with E-state index in [9.17, 15) is 18.0 Å². The fraction of sp³-hybridized carbons (Fsp3) is 0.269. The number of hydrogen-bond donors (Lipinski definition) is 1. The molecular weight excluding hydrogens is 463 g/mol. The van der Waals surface area contributed by atoms with Crippen molar-refractivity contribution in [3.63, 3.8) is 0 Å². The molecule has 0 fully saturated rings. The van der Waals surface area contributed by atoms with E-state index in [0.29, 0.717) is 40.9 Å². The standard InChI is InChI=1S/C26H26F3NO5/c1-4-19(33-3)9-6-11-21-17(2)30(15-18-8-5-10-20(14-18)34-16-24(31)32)22-12-7-13-23(25(21)22)35-26(27,28)29/h4-10,12-14H,11,15-16H2,1-3H3,(H,31,32)/b9-6-,19-4+. The zero-order valence-corrected chi connectivity index (χ0v) is 19.6. The molecule has 1 N–H and O–H groups in total. The van der Waals surface area contributed by atoms with Gasteiger partial charge >= 0.3 is 12.3 Å². The maximum atomic E-state index is 13.2. The Labute approximate surface area is 200 Å². The lowest BCUT2D eigenvalue weighted by atomic mass is 10.1. The van der Waals surface area contributed by atoms with Crippen LogP contribution in [0, 0.1) is 6.92 Å². The minimum absolute atomic E-state index is 0.267. The maximum Gasteiger partial charge on any atom is 0.573 e. The van der Waals surface area contributed by atoms with Crippen LogP contribution in [0.5, 0.6) is 11.5 Å². The number of aromatic nitrogens is 1. The number of rotatable bonds is 10. The van der Waals surface area contributed by atoms with Crippen molar-refractivity contribution >= 4 is 16.9 Å². The fourth-order valence-corrected chi connectivity index (χ4v) is 3.87. The van der Waals surface area contributed by atoms with Gasteiger partial charge in [-0.25, -0.2) is 4.79 Å². The van der Waals surface area contributed by atoms with Gasteiger partial charge in [0.2, 0.25) is 0 Å². The van der Waals surface area contributed by atoms with Crippen molar-refractivity contribution in [2.24, 2.45) is 0 Å². The Kier molecular flexibility index (Phi) is 8.11. The van der Waals surface area contributed by atoms with E-state index in [0.717, 1.165) is 11.3 Å². The topological polar surface area (TPSA) is 69.9 Å². The lowest BCUT2D eigenvalue weighted by molar-refractivity contribution is -0.274. The minimum atomic E-state index is -4.83. The lowest BCUT2D eigenvalue weighted by Crippen LogP contribution is -2.17. The summed E-state index contributed by atoms with van der Waals surface area (Å²) in [6.45, 7) is 3.53. The van der Waals surface area contributed by atoms with Gasteiger partial charge in [0, 0.05) is 17.6 Å². The molecule has 3 aromatic rings. The number of hydrogen-bond acceptors (Lipinski definition) is 4. The molecule has 0 amide bonds. The average Bonchev–Trinajstić information content (AvgIpc) is 3.06. The van der Waals surface area contributed by atoms with Crippen molar-refractivity contribution in [2.45, 2.75) is 33.2 Å². The quantitative estimate of drug-likeness (QED) is 0.279. The predicted molar refractivity (Wildman–Crippen MR) is 126 cm³/mol. The molecule has 2 aromatic carbocycles. The highest BCUT2D eigenvalue weighted by molar-refractivity contribution is 5.91. The summed E-state index contributed by atoms with van der Waals surface area (Å²) in [5.41, 5.74) is 2.86. The number of aliphatic carboxylic acids is 1. The van der Waals surface area contributed by atoms with E-state index in [1.807, 2.05) is 30.6 Å². The van der Waals surface area contributed by atoms with E-state index < -0.39 is 18.9 Å². The predicted octanol–water partition coefficient (Wildman–Crippen LogP) is 6.01. The first-order valence-electron chi connectivity index (χ1n) is 10.8.